The van der Waals surface area contributed by atoms with Gasteiger partial charge in [0.1, 0.15) is 21.8 Å². The Morgan fingerprint density at radius 3 is 2.65 bits per heavy atom. The summed E-state index contributed by atoms with van der Waals surface area (Å²) < 4.78 is 37.4. The highest BCUT2D eigenvalue weighted by Crippen LogP contribution is 2.33. The van der Waals surface area contributed by atoms with Crippen LogP contribution in [-0.2, 0) is 14.8 Å². The van der Waals surface area contributed by atoms with Gasteiger partial charge in [0, 0.05) is 13.5 Å². The molecule has 0 saturated heterocycles. The Kier molecular flexibility index (Phi) is 5.94. The van der Waals surface area contributed by atoms with Crippen molar-refractivity contribution in [3.63, 3.8) is 0 Å². The average Bonchev–Trinajstić information content (AvgIpc) is 3.54. The van der Waals surface area contributed by atoms with Crippen LogP contribution in [0.3, 0.4) is 0 Å². The number of furan rings is 1. The zero-order valence-corrected chi connectivity index (χ0v) is 18.6. The van der Waals surface area contributed by atoms with Gasteiger partial charge < -0.3 is 9.15 Å². The fourth-order valence-corrected chi connectivity index (χ4v) is 5.63. The van der Waals surface area contributed by atoms with Crippen molar-refractivity contribution in [2.24, 2.45) is 5.10 Å². The third kappa shape index (κ3) is 4.27. The first-order valence-electron chi connectivity index (χ1n) is 9.47. The number of methoxy groups -OCH3 is 1. The van der Waals surface area contributed by atoms with Crippen LogP contribution in [0.5, 0.6) is 5.75 Å². The number of thiophene rings is 1. The first kappa shape index (κ1) is 21.3. The van der Waals surface area contributed by atoms with Gasteiger partial charge in [-0.1, -0.05) is 6.07 Å². The minimum absolute atomic E-state index is 0.189. The van der Waals surface area contributed by atoms with Gasteiger partial charge in [-0.05, 0) is 53.4 Å². The van der Waals surface area contributed by atoms with Gasteiger partial charge in [0.25, 0.3) is 15.9 Å². The van der Waals surface area contributed by atoms with Crippen LogP contribution in [-0.4, -0.2) is 50.1 Å². The Balaban J connectivity index is 1.59. The molecule has 2 aromatic heterocycles. The second-order valence-electron chi connectivity index (χ2n) is 6.94. The molecule has 0 saturated carbocycles. The zero-order valence-electron chi connectivity index (χ0n) is 17.0. The summed E-state index contributed by atoms with van der Waals surface area (Å²) in [4.78, 5) is 13.1. The molecule has 1 aliphatic heterocycles. The molecule has 0 N–H and O–H groups in total. The van der Waals surface area contributed by atoms with Crippen molar-refractivity contribution in [2.45, 2.75) is 16.7 Å². The van der Waals surface area contributed by atoms with E-state index in [1.165, 1.54) is 24.4 Å². The predicted octanol–water partition coefficient (Wildman–Crippen LogP) is 3.35. The van der Waals surface area contributed by atoms with Crippen molar-refractivity contribution in [3.05, 3.63) is 71.5 Å². The third-order valence-electron chi connectivity index (χ3n) is 4.98. The van der Waals surface area contributed by atoms with E-state index in [9.17, 15) is 13.2 Å². The monoisotopic (exact) mass is 459 g/mol. The highest BCUT2D eigenvalue weighted by atomic mass is 32.2. The maximum absolute atomic E-state index is 13.1. The molecule has 4 rings (SSSR count). The number of amides is 1. The minimum atomic E-state index is -3.75. The van der Waals surface area contributed by atoms with Crippen LogP contribution < -0.4 is 4.74 Å². The molecule has 3 heterocycles. The normalized spacial score (nSPS) is 16.5. The largest absolute Gasteiger partial charge is 0.497 e. The van der Waals surface area contributed by atoms with Gasteiger partial charge in [-0.25, -0.2) is 13.4 Å². The average molecular weight is 460 g/mol. The molecule has 1 unspecified atom stereocenters. The number of sulfonamides is 1. The van der Waals surface area contributed by atoms with Gasteiger partial charge in [-0.3, -0.25) is 4.79 Å². The Labute approximate surface area is 184 Å². The van der Waals surface area contributed by atoms with Crippen LogP contribution in [0.4, 0.5) is 0 Å². The van der Waals surface area contributed by atoms with Crippen LogP contribution in [0, 0.1) is 0 Å². The molecule has 1 amide bonds. The SMILES string of the molecule is COc1ccc(C2=NN(C(=O)CN(C)S(=O)(=O)c3cccs3)C(c3ccco3)C2)cc1. The van der Waals surface area contributed by atoms with Crippen molar-refractivity contribution in [3.8, 4) is 5.75 Å². The molecule has 1 aromatic carbocycles. The standard InChI is InChI=1S/C21H21N3O5S2/c1-23(31(26,27)21-6-4-12-30-21)14-20(25)24-18(19-5-3-11-29-19)13-17(22-24)15-7-9-16(28-2)10-8-15/h3-12,18H,13-14H2,1-2H3. The Morgan fingerprint density at radius 1 is 1.26 bits per heavy atom. The van der Waals surface area contributed by atoms with E-state index in [0.29, 0.717) is 17.9 Å². The van der Waals surface area contributed by atoms with Crippen molar-refractivity contribution >= 4 is 33.0 Å². The van der Waals surface area contributed by atoms with Gasteiger partial charge in [0.05, 0.1) is 25.6 Å². The van der Waals surface area contributed by atoms with Gasteiger partial charge in [-0.15, -0.1) is 11.3 Å². The van der Waals surface area contributed by atoms with Gasteiger partial charge in [-0.2, -0.15) is 9.41 Å². The summed E-state index contributed by atoms with van der Waals surface area (Å²) in [5.41, 5.74) is 1.56. The third-order valence-corrected chi connectivity index (χ3v) is 8.15. The van der Waals surface area contributed by atoms with E-state index in [0.717, 1.165) is 27.0 Å². The lowest BCUT2D eigenvalue weighted by Gasteiger charge is -2.22. The summed E-state index contributed by atoms with van der Waals surface area (Å²) in [6.07, 6.45) is 1.99. The number of hydrogen-bond donors (Lipinski definition) is 0. The summed E-state index contributed by atoms with van der Waals surface area (Å²) in [6, 6.07) is 13.7. The second kappa shape index (κ2) is 8.66. The van der Waals surface area contributed by atoms with Crippen molar-refractivity contribution in [2.75, 3.05) is 20.7 Å². The van der Waals surface area contributed by atoms with Gasteiger partial charge >= 0.3 is 0 Å². The molecule has 0 bridgehead atoms. The Hall–Kier alpha value is -2.95. The van der Waals surface area contributed by atoms with E-state index < -0.39 is 22.0 Å². The number of hydrogen-bond acceptors (Lipinski definition) is 7. The number of hydrazone groups is 1. The van der Waals surface area contributed by atoms with E-state index in [2.05, 4.69) is 5.10 Å². The Morgan fingerprint density at radius 2 is 2.03 bits per heavy atom. The highest BCUT2D eigenvalue weighted by molar-refractivity contribution is 7.91. The van der Waals surface area contributed by atoms with E-state index in [1.807, 2.05) is 24.3 Å². The summed E-state index contributed by atoms with van der Waals surface area (Å²) in [5, 5.41) is 7.53. The first-order chi connectivity index (χ1) is 14.9. The molecule has 0 radical (unpaired) electrons. The zero-order chi connectivity index (χ0) is 22.0. The lowest BCUT2D eigenvalue weighted by Crippen LogP contribution is -2.38. The van der Waals surface area contributed by atoms with Gasteiger partial charge in [0.15, 0.2) is 0 Å². The molecule has 1 atom stereocenters. The number of carbonyl (C=O) groups is 1. The number of nitrogens with zero attached hydrogens (tertiary/aromatic N) is 3. The molecular formula is C21H21N3O5S2. The molecule has 162 valence electrons. The fraction of sp³-hybridized carbons (Fsp3) is 0.238. The summed E-state index contributed by atoms with van der Waals surface area (Å²) in [7, 11) is -0.765. The molecular weight excluding hydrogens is 438 g/mol. The molecule has 0 spiro atoms. The number of rotatable bonds is 7. The van der Waals surface area contributed by atoms with E-state index in [1.54, 1.807) is 30.7 Å². The highest BCUT2D eigenvalue weighted by Gasteiger charge is 2.36. The topological polar surface area (TPSA) is 92.4 Å². The fourth-order valence-electron chi connectivity index (χ4n) is 3.31. The quantitative estimate of drug-likeness (QED) is 0.540. The van der Waals surface area contributed by atoms with Crippen molar-refractivity contribution in [1.29, 1.82) is 0 Å². The molecule has 31 heavy (non-hydrogen) atoms. The van der Waals surface area contributed by atoms with E-state index >= 15 is 0 Å². The van der Waals surface area contributed by atoms with E-state index in [-0.39, 0.29) is 10.8 Å². The number of carbonyl (C=O) groups excluding carboxylic acids is 1. The maximum Gasteiger partial charge on any atom is 0.258 e. The lowest BCUT2D eigenvalue weighted by atomic mass is 10.0. The summed E-state index contributed by atoms with van der Waals surface area (Å²) in [5.74, 6) is 0.871. The summed E-state index contributed by atoms with van der Waals surface area (Å²) >= 11 is 1.11. The molecule has 10 heteroatoms. The van der Waals surface area contributed by atoms with Crippen LogP contribution >= 0.6 is 11.3 Å². The number of likely N-dealkylation sites (N-methyl/N-ethyl adjacent to an activating group) is 1. The molecule has 8 nitrogen and oxygen atoms in total. The van der Waals surface area contributed by atoms with Crippen LogP contribution in [0.15, 0.2) is 73.9 Å². The Bertz CT molecular complexity index is 1170. The predicted molar refractivity (Wildman–Crippen MR) is 117 cm³/mol. The number of benzene rings is 1. The molecule has 1 aliphatic rings. The maximum atomic E-state index is 13.1. The smallest absolute Gasteiger partial charge is 0.258 e. The lowest BCUT2D eigenvalue weighted by molar-refractivity contribution is -0.133. The number of ether oxygens (including phenoxy) is 1. The molecule has 3 aromatic rings. The molecule has 0 aliphatic carbocycles. The van der Waals surface area contributed by atoms with Crippen LogP contribution in [0.1, 0.15) is 23.8 Å². The van der Waals surface area contributed by atoms with Crippen LogP contribution in [0.2, 0.25) is 0 Å². The van der Waals surface area contributed by atoms with E-state index in [4.69, 9.17) is 9.15 Å². The summed E-state index contributed by atoms with van der Waals surface area (Å²) in [6.45, 7) is -0.336. The first-order valence-corrected chi connectivity index (χ1v) is 11.8. The molecule has 0 fully saturated rings. The minimum Gasteiger partial charge on any atom is -0.497 e. The van der Waals surface area contributed by atoms with Crippen LogP contribution in [0.25, 0.3) is 0 Å². The van der Waals surface area contributed by atoms with Crippen molar-refractivity contribution in [1.82, 2.24) is 9.31 Å². The van der Waals surface area contributed by atoms with Gasteiger partial charge in [0.2, 0.25) is 0 Å². The van der Waals surface area contributed by atoms with Crippen molar-refractivity contribution < 1.29 is 22.4 Å². The second-order valence-corrected chi connectivity index (χ2v) is 10.2.